The van der Waals surface area contributed by atoms with E-state index in [0.29, 0.717) is 0 Å². The van der Waals surface area contributed by atoms with E-state index in [1.54, 1.807) is 0 Å². The number of fused-ring (bicyclic) bond motifs is 8. The lowest BCUT2D eigenvalue weighted by Crippen LogP contribution is -2.18. The predicted molar refractivity (Wildman–Crippen MR) is 188 cm³/mol. The molecule has 0 aromatic carbocycles. The largest absolute Gasteiger partial charge is 0.355 e. The van der Waals surface area contributed by atoms with Crippen LogP contribution in [0.4, 0.5) is 0 Å². The summed E-state index contributed by atoms with van der Waals surface area (Å²) in [7, 11) is 0. The summed E-state index contributed by atoms with van der Waals surface area (Å²) in [6.07, 6.45) is 19.0. The van der Waals surface area contributed by atoms with Crippen molar-refractivity contribution in [2.45, 2.75) is 130 Å². The van der Waals surface area contributed by atoms with Gasteiger partial charge in [0.15, 0.2) is 0 Å². The predicted octanol–water partition coefficient (Wildman–Crippen LogP) is 8.43. The lowest BCUT2D eigenvalue weighted by atomic mass is 10.0. The minimum atomic E-state index is 1.07. The van der Waals surface area contributed by atoms with E-state index in [2.05, 4.69) is 96.2 Å². The number of rotatable bonds is 16. The second kappa shape index (κ2) is 16.1. The minimum absolute atomic E-state index is 1.07. The zero-order valence-corrected chi connectivity index (χ0v) is 27.9. The van der Waals surface area contributed by atoms with Crippen LogP contribution < -0.4 is 21.4 Å². The molecule has 0 aliphatic carbocycles. The first kappa shape index (κ1) is 32.0. The average Bonchev–Trinajstić information content (AvgIpc) is 3.86. The summed E-state index contributed by atoms with van der Waals surface area (Å²) < 4.78 is 0. The molecule has 0 saturated heterocycles. The van der Waals surface area contributed by atoms with Gasteiger partial charge in [0.05, 0.1) is 0 Å². The highest BCUT2D eigenvalue weighted by Gasteiger charge is 2.15. The molecule has 236 valence electrons. The van der Waals surface area contributed by atoms with E-state index in [0.717, 1.165) is 25.7 Å². The van der Waals surface area contributed by atoms with Crippen molar-refractivity contribution in [3.8, 4) is 0 Å². The van der Waals surface area contributed by atoms with Crippen molar-refractivity contribution in [1.82, 2.24) is 19.9 Å². The van der Waals surface area contributed by atoms with Crippen molar-refractivity contribution in [3.63, 3.8) is 0 Å². The Morgan fingerprint density at radius 3 is 0.795 bits per heavy atom. The summed E-state index contributed by atoms with van der Waals surface area (Å²) in [5.74, 6) is 0. The van der Waals surface area contributed by atoms with Crippen molar-refractivity contribution in [2.24, 2.45) is 0 Å². The molecule has 4 heteroatoms. The Kier molecular flexibility index (Phi) is 11.7. The molecule has 4 N–H and O–H groups in total. The number of hydrogen-bond donors (Lipinski definition) is 4. The molecule has 4 aromatic rings. The molecule has 44 heavy (non-hydrogen) atoms. The maximum Gasteiger partial charge on any atom is 0.0438 e. The summed E-state index contributed by atoms with van der Waals surface area (Å²) in [4.78, 5) is 15.7. The van der Waals surface area contributed by atoms with E-state index < -0.39 is 0 Å². The zero-order chi connectivity index (χ0) is 30.7. The quantitative estimate of drug-likeness (QED) is 0.0944. The Morgan fingerprint density at radius 2 is 0.568 bits per heavy atom. The third-order valence-corrected chi connectivity index (χ3v) is 9.47. The summed E-state index contributed by atoms with van der Waals surface area (Å²) in [5.41, 5.74) is 10.6. The van der Waals surface area contributed by atoms with E-state index >= 15 is 0 Å². The number of nitrogens with one attached hydrogen (secondary N) is 4. The molecule has 0 unspecified atom stereocenters. The third kappa shape index (κ3) is 7.62. The molecule has 1 aliphatic rings. The van der Waals surface area contributed by atoms with Gasteiger partial charge in [-0.1, -0.05) is 79.1 Å². The number of hydrogen-bond acceptors (Lipinski definition) is 0. The van der Waals surface area contributed by atoms with E-state index in [-0.39, 0.29) is 0 Å². The highest BCUT2D eigenvalue weighted by Crippen LogP contribution is 2.25. The molecule has 1 aliphatic heterocycles. The lowest BCUT2D eigenvalue weighted by Gasteiger charge is -2.09. The first-order valence-corrected chi connectivity index (χ1v) is 17.9. The summed E-state index contributed by atoms with van der Waals surface area (Å²) in [6, 6.07) is 18.6. The summed E-state index contributed by atoms with van der Waals surface area (Å²) in [5, 5.41) is 4.99. The van der Waals surface area contributed by atoms with Crippen LogP contribution in [0.15, 0.2) is 48.5 Å². The highest BCUT2D eigenvalue weighted by molar-refractivity contribution is 5.71. The van der Waals surface area contributed by atoms with Gasteiger partial charge >= 0.3 is 0 Å². The molecule has 0 fully saturated rings. The lowest BCUT2D eigenvalue weighted by molar-refractivity contribution is 0.730. The van der Waals surface area contributed by atoms with Crippen LogP contribution >= 0.6 is 0 Å². The monoisotopic (exact) mass is 592 g/mol. The van der Waals surface area contributed by atoms with Crippen LogP contribution in [0.2, 0.25) is 0 Å². The van der Waals surface area contributed by atoms with Gasteiger partial charge in [0.25, 0.3) is 0 Å². The maximum absolute atomic E-state index is 3.92. The molecule has 8 bridgehead atoms. The minimum Gasteiger partial charge on any atom is -0.355 e. The van der Waals surface area contributed by atoms with Gasteiger partial charge < -0.3 is 19.9 Å². The topological polar surface area (TPSA) is 63.2 Å². The number of aromatic amines is 4. The molecule has 0 radical (unpaired) electrons. The van der Waals surface area contributed by atoms with Gasteiger partial charge in [-0.15, -0.1) is 0 Å². The number of H-pyrrole nitrogens is 4. The van der Waals surface area contributed by atoms with Crippen LogP contribution in [-0.2, 0) is 0 Å². The van der Waals surface area contributed by atoms with Crippen LogP contribution in [-0.4, -0.2) is 19.9 Å². The first-order chi connectivity index (χ1) is 21.7. The Bertz CT molecular complexity index is 1470. The Labute approximate surface area is 264 Å². The fourth-order valence-corrected chi connectivity index (χ4v) is 6.85. The summed E-state index contributed by atoms with van der Waals surface area (Å²) in [6.45, 7) is 9.17. The fraction of sp³-hybridized carbons (Fsp3) is 0.500. The van der Waals surface area contributed by atoms with Gasteiger partial charge in [-0.25, -0.2) is 0 Å². The second-order valence-electron chi connectivity index (χ2n) is 12.9. The molecule has 4 aromatic heterocycles. The normalized spacial score (nSPS) is 13.4. The van der Waals surface area contributed by atoms with Gasteiger partial charge in [0.1, 0.15) is 0 Å². The average molecular weight is 593 g/mol. The van der Waals surface area contributed by atoms with Crippen LogP contribution in [0.5, 0.6) is 0 Å². The second-order valence-corrected chi connectivity index (χ2v) is 12.9. The van der Waals surface area contributed by atoms with Crippen molar-refractivity contribution >= 4 is 22.3 Å². The molecule has 0 amide bonds. The number of unbranched alkanes of at least 4 members (excludes halogenated alkanes) is 8. The van der Waals surface area contributed by atoms with Crippen LogP contribution in [0.3, 0.4) is 0 Å². The van der Waals surface area contributed by atoms with Crippen LogP contribution in [0, 0.1) is 0 Å². The van der Waals surface area contributed by atoms with Crippen molar-refractivity contribution in [2.75, 3.05) is 0 Å². The van der Waals surface area contributed by atoms with Crippen LogP contribution in [0.1, 0.15) is 153 Å². The molecule has 5 heterocycles. The Hall–Kier alpha value is -3.40. The van der Waals surface area contributed by atoms with E-state index in [9.17, 15) is 0 Å². The molecule has 5 rings (SSSR count). The van der Waals surface area contributed by atoms with Crippen molar-refractivity contribution in [3.05, 3.63) is 92.7 Å². The van der Waals surface area contributed by atoms with Crippen molar-refractivity contribution in [1.29, 1.82) is 0 Å². The van der Waals surface area contributed by atoms with Gasteiger partial charge in [0.2, 0.25) is 0 Å². The molecular weight excluding hydrogens is 536 g/mol. The molecular formula is C40H56N4. The SMILES string of the molecule is CCCCCC1=c2ccc([nH]2)=C(CCCCC)c2ccc([nH]2)C(CCCCC)=c2ccc([nH]2)=C(CCCCC)c2ccc1[nH]2. The maximum atomic E-state index is 3.92. The Balaban J connectivity index is 1.77. The van der Waals surface area contributed by atoms with E-state index in [1.807, 2.05) is 0 Å². The van der Waals surface area contributed by atoms with E-state index in [1.165, 1.54) is 144 Å². The number of aromatic nitrogens is 4. The molecule has 0 atom stereocenters. The molecule has 0 spiro atoms. The van der Waals surface area contributed by atoms with Gasteiger partial charge in [-0.3, -0.25) is 0 Å². The highest BCUT2D eigenvalue weighted by atomic mass is 14.8. The fourth-order valence-electron chi connectivity index (χ4n) is 6.85. The third-order valence-electron chi connectivity index (χ3n) is 9.47. The zero-order valence-electron chi connectivity index (χ0n) is 27.9. The summed E-state index contributed by atoms with van der Waals surface area (Å²) >= 11 is 0. The standard InChI is InChI=1S/C40H56N4/c1-5-9-13-17-29-33-21-23-35(41-33)30(18-14-10-6-2)37-25-27-39(43-37)32(20-16-12-8-4)40-28-26-38(44-40)31(19-15-11-7-3)36-24-22-34(29)42-36/h21-28,41-44H,5-20H2,1-4H3. The van der Waals surface area contributed by atoms with Crippen molar-refractivity contribution < 1.29 is 0 Å². The van der Waals surface area contributed by atoms with E-state index in [4.69, 9.17) is 0 Å². The smallest absolute Gasteiger partial charge is 0.0438 e. The molecule has 0 saturated carbocycles. The van der Waals surface area contributed by atoms with Gasteiger partial charge in [-0.2, -0.15) is 0 Å². The first-order valence-electron chi connectivity index (χ1n) is 17.9. The Morgan fingerprint density at radius 1 is 0.318 bits per heavy atom. The van der Waals surface area contributed by atoms with Crippen LogP contribution in [0.25, 0.3) is 22.3 Å². The molecule has 4 nitrogen and oxygen atoms in total. The van der Waals surface area contributed by atoms with Gasteiger partial charge in [0, 0.05) is 44.2 Å². The van der Waals surface area contributed by atoms with Gasteiger partial charge in [-0.05, 0) is 122 Å².